The SMILES string of the molecule is CCC(Br)(C(=O)O)C(C)C. The normalized spacial score (nSPS) is 16.9. The van der Waals surface area contributed by atoms with Crippen LogP contribution in [-0.4, -0.2) is 15.4 Å². The molecule has 0 radical (unpaired) electrons. The number of halogens is 1. The van der Waals surface area contributed by atoms with Crippen LogP contribution in [0.2, 0.25) is 0 Å². The Bertz CT molecular complexity index is 134. The zero-order valence-corrected chi connectivity index (χ0v) is 8.10. The van der Waals surface area contributed by atoms with Crippen molar-refractivity contribution in [1.29, 1.82) is 0 Å². The molecule has 0 saturated heterocycles. The molecule has 0 aromatic carbocycles. The highest BCUT2D eigenvalue weighted by atomic mass is 79.9. The van der Waals surface area contributed by atoms with Crippen molar-refractivity contribution in [1.82, 2.24) is 0 Å². The molecule has 0 aliphatic rings. The van der Waals surface area contributed by atoms with Crippen LogP contribution < -0.4 is 0 Å². The molecule has 0 aliphatic heterocycles. The smallest absolute Gasteiger partial charge is 0.320 e. The molecule has 0 spiro atoms. The minimum Gasteiger partial charge on any atom is -0.480 e. The fraction of sp³-hybridized carbons (Fsp3) is 0.857. The van der Waals surface area contributed by atoms with Gasteiger partial charge in [-0.15, -0.1) is 0 Å². The lowest BCUT2D eigenvalue weighted by atomic mass is 9.93. The van der Waals surface area contributed by atoms with E-state index in [2.05, 4.69) is 15.9 Å². The van der Waals surface area contributed by atoms with E-state index in [4.69, 9.17) is 5.11 Å². The summed E-state index contributed by atoms with van der Waals surface area (Å²) in [6.07, 6.45) is 0.611. The van der Waals surface area contributed by atoms with Gasteiger partial charge in [-0.2, -0.15) is 0 Å². The fourth-order valence-corrected chi connectivity index (χ4v) is 0.806. The molecule has 0 rings (SSSR count). The highest BCUT2D eigenvalue weighted by Gasteiger charge is 2.36. The lowest BCUT2D eigenvalue weighted by Crippen LogP contribution is -2.36. The first-order chi connectivity index (χ1) is 4.45. The third kappa shape index (κ3) is 1.72. The summed E-state index contributed by atoms with van der Waals surface area (Å²) in [4.78, 5) is 10.6. The van der Waals surface area contributed by atoms with Crippen LogP contribution in [0.1, 0.15) is 27.2 Å². The summed E-state index contributed by atoms with van der Waals surface area (Å²) in [5.41, 5.74) is 0. The highest BCUT2D eigenvalue weighted by molar-refractivity contribution is 9.10. The van der Waals surface area contributed by atoms with Crippen molar-refractivity contribution in [3.63, 3.8) is 0 Å². The largest absolute Gasteiger partial charge is 0.480 e. The lowest BCUT2D eigenvalue weighted by Gasteiger charge is -2.24. The number of carboxylic acids is 1. The summed E-state index contributed by atoms with van der Waals surface area (Å²) < 4.78 is -0.729. The second-order valence-electron chi connectivity index (χ2n) is 2.68. The average molecular weight is 209 g/mol. The molecule has 1 atom stereocenters. The monoisotopic (exact) mass is 208 g/mol. The first-order valence-electron chi connectivity index (χ1n) is 3.37. The molecule has 2 nitrogen and oxygen atoms in total. The van der Waals surface area contributed by atoms with Crippen molar-refractivity contribution >= 4 is 21.9 Å². The van der Waals surface area contributed by atoms with Crippen molar-refractivity contribution in [2.24, 2.45) is 5.92 Å². The second-order valence-corrected chi connectivity index (χ2v) is 4.09. The van der Waals surface area contributed by atoms with Crippen LogP contribution in [0.25, 0.3) is 0 Å². The summed E-state index contributed by atoms with van der Waals surface area (Å²) in [5, 5.41) is 8.76. The minimum absolute atomic E-state index is 0.120. The number of rotatable bonds is 3. The highest BCUT2D eigenvalue weighted by Crippen LogP contribution is 2.31. The Balaban J connectivity index is 4.38. The molecule has 0 aliphatic carbocycles. The van der Waals surface area contributed by atoms with Gasteiger partial charge < -0.3 is 5.11 Å². The first kappa shape index (κ1) is 9.95. The standard InChI is InChI=1S/C7H13BrO2/c1-4-7(8,5(2)3)6(9)10/h5H,4H2,1-3H3,(H,9,10). The topological polar surface area (TPSA) is 37.3 Å². The summed E-state index contributed by atoms with van der Waals surface area (Å²) in [6.45, 7) is 5.65. The maximum absolute atomic E-state index is 10.6. The Morgan fingerprint density at radius 2 is 2.10 bits per heavy atom. The summed E-state index contributed by atoms with van der Waals surface area (Å²) in [7, 11) is 0. The molecule has 0 fully saturated rings. The van der Waals surface area contributed by atoms with Crippen molar-refractivity contribution in [2.45, 2.75) is 31.5 Å². The molecule has 0 heterocycles. The number of carbonyl (C=O) groups is 1. The van der Waals surface area contributed by atoms with Gasteiger partial charge >= 0.3 is 5.97 Å². The summed E-state index contributed by atoms with van der Waals surface area (Å²) >= 11 is 3.21. The van der Waals surface area contributed by atoms with E-state index in [1.54, 1.807) is 0 Å². The van der Waals surface area contributed by atoms with E-state index >= 15 is 0 Å². The van der Waals surface area contributed by atoms with E-state index in [-0.39, 0.29) is 5.92 Å². The Labute approximate surface area is 69.8 Å². The van der Waals surface area contributed by atoms with Crippen LogP contribution >= 0.6 is 15.9 Å². The van der Waals surface area contributed by atoms with Crippen molar-refractivity contribution in [3.8, 4) is 0 Å². The summed E-state index contributed by atoms with van der Waals surface area (Å²) in [5.74, 6) is -0.653. The van der Waals surface area contributed by atoms with Crippen LogP contribution in [0, 0.1) is 5.92 Å². The Hall–Kier alpha value is -0.0500. The van der Waals surface area contributed by atoms with E-state index in [0.717, 1.165) is 0 Å². The van der Waals surface area contributed by atoms with Crippen LogP contribution in [0.5, 0.6) is 0 Å². The van der Waals surface area contributed by atoms with E-state index in [0.29, 0.717) is 6.42 Å². The lowest BCUT2D eigenvalue weighted by molar-refractivity contribution is -0.140. The van der Waals surface area contributed by atoms with Gasteiger partial charge in [-0.25, -0.2) is 0 Å². The molecule has 0 amide bonds. The molecule has 0 bridgehead atoms. The molecule has 0 aromatic rings. The number of hydrogen-bond acceptors (Lipinski definition) is 1. The average Bonchev–Trinajstić information content (AvgIpc) is 1.85. The fourth-order valence-electron chi connectivity index (χ4n) is 0.806. The molecule has 3 heteroatoms. The zero-order chi connectivity index (χ0) is 8.36. The van der Waals surface area contributed by atoms with Crippen LogP contribution in [-0.2, 0) is 4.79 Å². The quantitative estimate of drug-likeness (QED) is 0.724. The second kappa shape index (κ2) is 3.37. The first-order valence-corrected chi connectivity index (χ1v) is 4.16. The number of aliphatic carboxylic acids is 1. The number of hydrogen-bond donors (Lipinski definition) is 1. The maximum atomic E-state index is 10.6. The van der Waals surface area contributed by atoms with E-state index in [9.17, 15) is 4.79 Å². The molecule has 10 heavy (non-hydrogen) atoms. The molecular weight excluding hydrogens is 196 g/mol. The van der Waals surface area contributed by atoms with Crippen LogP contribution in [0.15, 0.2) is 0 Å². The minimum atomic E-state index is -0.773. The predicted octanol–water partition coefficient (Wildman–Crippen LogP) is 2.27. The van der Waals surface area contributed by atoms with Gasteiger partial charge in [-0.05, 0) is 12.3 Å². The van der Waals surface area contributed by atoms with Crippen molar-refractivity contribution in [3.05, 3.63) is 0 Å². The van der Waals surface area contributed by atoms with Gasteiger partial charge in [0.05, 0.1) is 0 Å². The predicted molar refractivity (Wildman–Crippen MR) is 44.4 cm³/mol. The van der Waals surface area contributed by atoms with Crippen molar-refractivity contribution < 1.29 is 9.90 Å². The van der Waals surface area contributed by atoms with Gasteiger partial charge in [-0.1, -0.05) is 36.7 Å². The molecule has 0 aromatic heterocycles. The molecule has 1 N–H and O–H groups in total. The van der Waals surface area contributed by atoms with Crippen LogP contribution in [0.3, 0.4) is 0 Å². The Morgan fingerprint density at radius 3 is 2.10 bits per heavy atom. The van der Waals surface area contributed by atoms with Gasteiger partial charge in [0.15, 0.2) is 0 Å². The van der Waals surface area contributed by atoms with Gasteiger partial charge in [0.1, 0.15) is 4.32 Å². The Morgan fingerprint density at radius 1 is 1.70 bits per heavy atom. The molecule has 1 unspecified atom stereocenters. The molecule has 60 valence electrons. The number of carboxylic acid groups (broad SMARTS) is 1. The third-order valence-electron chi connectivity index (χ3n) is 1.79. The van der Waals surface area contributed by atoms with Gasteiger partial charge in [-0.3, -0.25) is 4.79 Å². The molecule has 0 saturated carbocycles. The van der Waals surface area contributed by atoms with E-state index in [1.165, 1.54) is 0 Å². The maximum Gasteiger partial charge on any atom is 0.320 e. The van der Waals surface area contributed by atoms with Gasteiger partial charge in [0.25, 0.3) is 0 Å². The van der Waals surface area contributed by atoms with Gasteiger partial charge in [0, 0.05) is 0 Å². The Kier molecular flexibility index (Phi) is 3.36. The summed E-state index contributed by atoms with van der Waals surface area (Å²) in [6, 6.07) is 0. The van der Waals surface area contributed by atoms with Crippen molar-refractivity contribution in [2.75, 3.05) is 0 Å². The van der Waals surface area contributed by atoms with E-state index in [1.807, 2.05) is 20.8 Å². The van der Waals surface area contributed by atoms with E-state index < -0.39 is 10.3 Å². The van der Waals surface area contributed by atoms with Crippen LogP contribution in [0.4, 0.5) is 0 Å². The zero-order valence-electron chi connectivity index (χ0n) is 6.52. The molecular formula is C7H13BrO2. The third-order valence-corrected chi connectivity index (χ3v) is 3.60. The van der Waals surface area contributed by atoms with Gasteiger partial charge in [0.2, 0.25) is 0 Å². The number of alkyl halides is 1.